The van der Waals surface area contributed by atoms with E-state index in [4.69, 9.17) is 5.73 Å². The first-order valence-corrected chi connectivity index (χ1v) is 6.30. The van der Waals surface area contributed by atoms with Crippen LogP contribution in [0.3, 0.4) is 0 Å². The van der Waals surface area contributed by atoms with Crippen LogP contribution in [0.15, 0.2) is 24.4 Å². The average Bonchev–Trinajstić information content (AvgIpc) is 2.27. The fourth-order valence-corrected chi connectivity index (χ4v) is 2.89. The van der Waals surface area contributed by atoms with Crippen molar-refractivity contribution in [1.82, 2.24) is 4.98 Å². The van der Waals surface area contributed by atoms with Gasteiger partial charge in [0.15, 0.2) is 0 Å². The predicted octanol–water partition coefficient (Wildman–Crippen LogP) is 2.78. The Balaban J connectivity index is 2.13. The number of nitrogens with two attached hydrogens (primary N) is 1. The Morgan fingerprint density at radius 3 is 2.94 bits per heavy atom. The Morgan fingerprint density at radius 1 is 1.44 bits per heavy atom. The van der Waals surface area contributed by atoms with E-state index in [9.17, 15) is 0 Å². The zero-order valence-corrected chi connectivity index (χ0v) is 10.3. The summed E-state index contributed by atoms with van der Waals surface area (Å²) in [5, 5.41) is 0. The molecule has 0 bridgehead atoms. The van der Waals surface area contributed by atoms with Crippen molar-refractivity contribution in [1.29, 1.82) is 0 Å². The van der Waals surface area contributed by atoms with Crippen LogP contribution < -0.4 is 5.73 Å². The lowest BCUT2D eigenvalue weighted by Crippen LogP contribution is -2.52. The summed E-state index contributed by atoms with van der Waals surface area (Å²) in [5.41, 5.74) is 7.67. The van der Waals surface area contributed by atoms with Crippen molar-refractivity contribution in [2.45, 2.75) is 45.1 Å². The van der Waals surface area contributed by atoms with Gasteiger partial charge in [-0.2, -0.15) is 0 Å². The van der Waals surface area contributed by atoms with Crippen molar-refractivity contribution >= 4 is 0 Å². The molecule has 1 aromatic heterocycles. The van der Waals surface area contributed by atoms with E-state index < -0.39 is 0 Å². The number of hydrogen-bond acceptors (Lipinski definition) is 2. The van der Waals surface area contributed by atoms with Gasteiger partial charge in [-0.15, -0.1) is 0 Å². The molecule has 0 aliphatic heterocycles. The van der Waals surface area contributed by atoms with Crippen LogP contribution in [-0.2, 0) is 6.42 Å². The Morgan fingerprint density at radius 2 is 2.25 bits per heavy atom. The highest BCUT2D eigenvalue weighted by molar-refractivity contribution is 5.10. The fourth-order valence-electron chi connectivity index (χ4n) is 2.89. The van der Waals surface area contributed by atoms with E-state index in [0.717, 1.165) is 24.5 Å². The van der Waals surface area contributed by atoms with Gasteiger partial charge in [-0.25, -0.2) is 0 Å². The van der Waals surface area contributed by atoms with Gasteiger partial charge in [0.25, 0.3) is 0 Å². The molecule has 3 unspecified atom stereocenters. The Hall–Kier alpha value is -0.890. The van der Waals surface area contributed by atoms with Gasteiger partial charge in [-0.05, 0) is 30.4 Å². The van der Waals surface area contributed by atoms with E-state index in [1.807, 2.05) is 18.3 Å². The minimum atomic E-state index is -0.0496. The smallest absolute Gasteiger partial charge is 0.0422 e. The lowest BCUT2D eigenvalue weighted by Gasteiger charge is -2.43. The molecule has 0 amide bonds. The molecule has 16 heavy (non-hydrogen) atoms. The highest BCUT2D eigenvalue weighted by atomic mass is 14.8. The molecule has 1 fully saturated rings. The summed E-state index contributed by atoms with van der Waals surface area (Å²) >= 11 is 0. The number of pyridine rings is 1. The third-order valence-electron chi connectivity index (χ3n) is 4.30. The molecular formula is C14H22N2. The first kappa shape index (κ1) is 11.6. The van der Waals surface area contributed by atoms with Gasteiger partial charge in [0.05, 0.1) is 0 Å². The highest BCUT2D eigenvalue weighted by Gasteiger charge is 2.38. The number of nitrogens with zero attached hydrogens (tertiary/aromatic N) is 1. The van der Waals surface area contributed by atoms with Crippen LogP contribution in [0.1, 0.15) is 38.8 Å². The zero-order valence-electron chi connectivity index (χ0n) is 10.3. The summed E-state index contributed by atoms with van der Waals surface area (Å²) in [4.78, 5) is 4.40. The van der Waals surface area contributed by atoms with Gasteiger partial charge in [0, 0.05) is 23.9 Å². The van der Waals surface area contributed by atoms with Crippen LogP contribution in [0, 0.1) is 11.8 Å². The second-order valence-corrected chi connectivity index (χ2v) is 5.39. The van der Waals surface area contributed by atoms with Crippen LogP contribution in [0.5, 0.6) is 0 Å². The van der Waals surface area contributed by atoms with Crippen LogP contribution in [0.2, 0.25) is 0 Å². The molecule has 0 saturated heterocycles. The molecule has 3 atom stereocenters. The van der Waals surface area contributed by atoms with Gasteiger partial charge in [-0.3, -0.25) is 4.98 Å². The summed E-state index contributed by atoms with van der Waals surface area (Å²) in [5.74, 6) is 1.32. The average molecular weight is 218 g/mol. The van der Waals surface area contributed by atoms with Crippen molar-refractivity contribution in [2.24, 2.45) is 17.6 Å². The van der Waals surface area contributed by atoms with Gasteiger partial charge < -0.3 is 5.73 Å². The monoisotopic (exact) mass is 218 g/mol. The van der Waals surface area contributed by atoms with Crippen LogP contribution >= 0.6 is 0 Å². The second kappa shape index (κ2) is 4.54. The van der Waals surface area contributed by atoms with E-state index in [1.165, 1.54) is 12.8 Å². The van der Waals surface area contributed by atoms with Crippen molar-refractivity contribution in [3.8, 4) is 0 Å². The molecule has 0 spiro atoms. The van der Waals surface area contributed by atoms with Crippen molar-refractivity contribution in [3.05, 3.63) is 30.1 Å². The molecule has 0 aromatic carbocycles. The molecule has 2 nitrogen and oxygen atoms in total. The standard InChI is InChI=1S/C14H22N2/c1-11-6-5-8-14(15,12(11)2)10-13-7-3-4-9-16-13/h3-4,7,9,11-12H,5-6,8,10,15H2,1-2H3. The molecule has 0 radical (unpaired) electrons. The number of rotatable bonds is 2. The van der Waals surface area contributed by atoms with E-state index in [1.54, 1.807) is 0 Å². The third-order valence-corrected chi connectivity index (χ3v) is 4.30. The Bertz CT molecular complexity index is 336. The van der Waals surface area contributed by atoms with Crippen molar-refractivity contribution in [2.75, 3.05) is 0 Å². The van der Waals surface area contributed by atoms with E-state index in [-0.39, 0.29) is 5.54 Å². The predicted molar refractivity (Wildman–Crippen MR) is 67.0 cm³/mol. The second-order valence-electron chi connectivity index (χ2n) is 5.39. The van der Waals surface area contributed by atoms with E-state index in [0.29, 0.717) is 5.92 Å². The minimum Gasteiger partial charge on any atom is -0.324 e. The Kier molecular flexibility index (Phi) is 3.29. The topological polar surface area (TPSA) is 38.9 Å². The molecule has 1 aromatic rings. The largest absolute Gasteiger partial charge is 0.324 e. The van der Waals surface area contributed by atoms with Crippen LogP contribution in [-0.4, -0.2) is 10.5 Å². The maximum absolute atomic E-state index is 6.59. The molecule has 1 aliphatic carbocycles. The highest BCUT2D eigenvalue weighted by Crippen LogP contribution is 2.37. The molecule has 2 heteroatoms. The minimum absolute atomic E-state index is 0.0496. The van der Waals surface area contributed by atoms with Crippen molar-refractivity contribution in [3.63, 3.8) is 0 Å². The summed E-state index contributed by atoms with van der Waals surface area (Å²) in [6.07, 6.45) is 6.49. The normalized spacial score (nSPS) is 34.9. The first-order valence-electron chi connectivity index (χ1n) is 6.30. The van der Waals surface area contributed by atoms with Crippen molar-refractivity contribution < 1.29 is 0 Å². The maximum Gasteiger partial charge on any atom is 0.0422 e. The van der Waals surface area contributed by atoms with Crippen LogP contribution in [0.25, 0.3) is 0 Å². The molecule has 2 N–H and O–H groups in total. The molecule has 1 aliphatic rings. The number of aromatic nitrogens is 1. The molecule has 1 saturated carbocycles. The molecule has 1 heterocycles. The van der Waals surface area contributed by atoms with Gasteiger partial charge in [0.2, 0.25) is 0 Å². The summed E-state index contributed by atoms with van der Waals surface area (Å²) in [7, 11) is 0. The Labute approximate surface area is 98.3 Å². The van der Waals surface area contributed by atoms with E-state index in [2.05, 4.69) is 24.9 Å². The molecule has 88 valence electrons. The lowest BCUT2D eigenvalue weighted by molar-refractivity contribution is 0.142. The fraction of sp³-hybridized carbons (Fsp3) is 0.643. The summed E-state index contributed by atoms with van der Waals surface area (Å²) in [6.45, 7) is 4.62. The summed E-state index contributed by atoms with van der Waals surface area (Å²) < 4.78 is 0. The van der Waals surface area contributed by atoms with Gasteiger partial charge >= 0.3 is 0 Å². The summed E-state index contributed by atoms with van der Waals surface area (Å²) in [6, 6.07) is 6.09. The molecular weight excluding hydrogens is 196 g/mol. The van der Waals surface area contributed by atoms with Crippen LogP contribution in [0.4, 0.5) is 0 Å². The zero-order chi connectivity index (χ0) is 11.6. The quantitative estimate of drug-likeness (QED) is 0.829. The first-order chi connectivity index (χ1) is 7.62. The van der Waals surface area contributed by atoms with Gasteiger partial charge in [0.1, 0.15) is 0 Å². The number of hydrogen-bond donors (Lipinski definition) is 1. The van der Waals surface area contributed by atoms with E-state index >= 15 is 0 Å². The SMILES string of the molecule is CC1CCCC(N)(Cc2ccccn2)C1C. The molecule has 2 rings (SSSR count). The maximum atomic E-state index is 6.59. The van der Waals surface area contributed by atoms with Gasteiger partial charge in [-0.1, -0.05) is 32.8 Å². The third kappa shape index (κ3) is 2.27. The lowest BCUT2D eigenvalue weighted by atomic mass is 9.67.